The number of esters is 1. The number of carbonyl (C=O) groups excluding carboxylic acids is 2. The van der Waals surface area contributed by atoms with E-state index < -0.39 is 66.7 Å². The number of guanidine groups is 1. The van der Waals surface area contributed by atoms with E-state index in [9.17, 15) is 44.1 Å². The van der Waals surface area contributed by atoms with Crippen molar-refractivity contribution in [3.63, 3.8) is 0 Å². The van der Waals surface area contributed by atoms with Crippen LogP contribution in [0.2, 0.25) is 0 Å². The Morgan fingerprint density at radius 2 is 1.62 bits per heavy atom. The van der Waals surface area contributed by atoms with E-state index in [4.69, 9.17) is 25.8 Å². The number of aliphatic carboxylic acids is 4. The molecule has 9 N–H and O–H groups in total. The van der Waals surface area contributed by atoms with Gasteiger partial charge in [-0.05, 0) is 48.4 Å². The highest BCUT2D eigenvalue weighted by Gasteiger charge is 2.44. The molecule has 1 aliphatic heterocycles. The van der Waals surface area contributed by atoms with Crippen molar-refractivity contribution in [2.24, 2.45) is 10.9 Å². The van der Waals surface area contributed by atoms with E-state index in [-0.39, 0.29) is 47.8 Å². The lowest BCUT2D eigenvalue weighted by atomic mass is 9.86. The number of aryl methyl sites for hydroxylation is 1. The van der Waals surface area contributed by atoms with E-state index in [2.05, 4.69) is 15.8 Å². The number of oxime groups is 1. The van der Waals surface area contributed by atoms with Crippen LogP contribution in [0, 0.1) is 5.41 Å². The van der Waals surface area contributed by atoms with E-state index in [1.54, 1.807) is 0 Å². The summed E-state index contributed by atoms with van der Waals surface area (Å²) in [5, 5.41) is 52.7. The number of nitrogens with two attached hydrogens (primary N) is 1. The maximum absolute atomic E-state index is 12.8. The average molecular weight is 628 g/mol. The average Bonchev–Trinajstić information content (AvgIpc) is 3.33. The Morgan fingerprint density at radius 1 is 0.978 bits per heavy atom. The van der Waals surface area contributed by atoms with Crippen molar-refractivity contribution in [2.75, 3.05) is 5.32 Å². The van der Waals surface area contributed by atoms with E-state index in [0.29, 0.717) is 11.3 Å². The lowest BCUT2D eigenvalue weighted by Gasteiger charge is -2.22. The van der Waals surface area contributed by atoms with Gasteiger partial charge < -0.3 is 46.4 Å². The number of ether oxygens (including phenoxy) is 1. The van der Waals surface area contributed by atoms with Gasteiger partial charge in [-0.1, -0.05) is 11.2 Å². The third kappa shape index (κ3) is 9.77. The molecule has 0 spiro atoms. The predicted octanol–water partition coefficient (Wildman–Crippen LogP) is 1.00. The summed E-state index contributed by atoms with van der Waals surface area (Å²) in [6.07, 6.45) is -2.83. The zero-order valence-electron chi connectivity index (χ0n) is 23.4. The molecule has 0 saturated carbocycles. The molecule has 1 aliphatic rings. The molecule has 238 valence electrons. The SMILES string of the molecule is N=C(N)Nc1ccc(C(=O)Oc2ccc(CCC(=O)N[C@@H](CC(=O)O)C(=O)O)c(C3=NOC(CC(=O)O)(CC(=O)O)C3)c2)cc1. The van der Waals surface area contributed by atoms with Crippen molar-refractivity contribution >= 4 is 53.1 Å². The highest BCUT2D eigenvalue weighted by Crippen LogP contribution is 2.35. The zero-order valence-corrected chi connectivity index (χ0v) is 23.4. The summed E-state index contributed by atoms with van der Waals surface area (Å²) in [4.78, 5) is 75.9. The number of rotatable bonds is 15. The minimum atomic E-state index is -1.71. The first-order valence-corrected chi connectivity index (χ1v) is 13.2. The first kappa shape index (κ1) is 33.5. The Morgan fingerprint density at radius 3 is 2.18 bits per heavy atom. The van der Waals surface area contributed by atoms with Crippen LogP contribution in [0.25, 0.3) is 0 Å². The largest absolute Gasteiger partial charge is 0.481 e. The molecule has 0 aliphatic carbocycles. The van der Waals surface area contributed by atoms with Gasteiger partial charge in [-0.25, -0.2) is 9.59 Å². The van der Waals surface area contributed by atoms with Crippen LogP contribution >= 0.6 is 0 Å². The van der Waals surface area contributed by atoms with Gasteiger partial charge in [0.25, 0.3) is 0 Å². The summed E-state index contributed by atoms with van der Waals surface area (Å²) < 4.78 is 5.49. The van der Waals surface area contributed by atoms with Gasteiger partial charge in [0.2, 0.25) is 5.91 Å². The number of carboxylic acid groups (broad SMARTS) is 4. The molecule has 17 nitrogen and oxygen atoms in total. The summed E-state index contributed by atoms with van der Waals surface area (Å²) in [5.41, 5.74) is 4.93. The Bertz CT molecular complexity index is 1540. The van der Waals surface area contributed by atoms with Crippen LogP contribution in [0.15, 0.2) is 47.6 Å². The standard InChI is InChI=1S/C28H29N5O12/c29-27(30)31-16-5-1-15(2-6-16)26(43)44-17-7-3-14(4-8-21(34)32-19(25(41)42)10-22(35)36)18(9-17)20-11-28(45-33-20,12-23(37)38)13-24(39)40/h1-3,5-7,9,19H,4,8,10-13H2,(H,32,34)(H,35,36)(H,37,38)(H,39,40)(H,41,42)(H4,29,30,31)/t19-/m0/s1. The lowest BCUT2D eigenvalue weighted by molar-refractivity contribution is -0.151. The first-order chi connectivity index (χ1) is 21.2. The topological polar surface area (TPSA) is 288 Å². The second kappa shape index (κ2) is 14.5. The molecule has 0 aromatic heterocycles. The Hall–Kier alpha value is -6.00. The molecular formula is C28H29N5O12. The second-order valence-corrected chi connectivity index (χ2v) is 10.0. The maximum Gasteiger partial charge on any atom is 0.343 e. The number of carbonyl (C=O) groups is 6. The molecule has 1 heterocycles. The summed E-state index contributed by atoms with van der Waals surface area (Å²) in [7, 11) is 0. The maximum atomic E-state index is 12.8. The number of anilines is 1. The molecule has 2 aromatic rings. The molecule has 0 bridgehead atoms. The summed E-state index contributed by atoms with van der Waals surface area (Å²) in [6.45, 7) is 0. The summed E-state index contributed by atoms with van der Waals surface area (Å²) in [6, 6.07) is 8.45. The van der Waals surface area contributed by atoms with Gasteiger partial charge in [-0.15, -0.1) is 0 Å². The van der Waals surface area contributed by atoms with Crippen LogP contribution in [0.4, 0.5) is 5.69 Å². The summed E-state index contributed by atoms with van der Waals surface area (Å²) in [5.74, 6) is -7.44. The van der Waals surface area contributed by atoms with Crippen LogP contribution in [0.3, 0.4) is 0 Å². The Labute approximate surface area is 254 Å². The number of nitrogens with one attached hydrogen (secondary N) is 3. The van der Waals surface area contributed by atoms with Gasteiger partial charge >= 0.3 is 29.8 Å². The van der Waals surface area contributed by atoms with Crippen molar-refractivity contribution in [2.45, 2.75) is 50.2 Å². The number of hydrogen-bond acceptors (Lipinski definition) is 10. The fourth-order valence-corrected chi connectivity index (χ4v) is 4.48. The molecule has 1 atom stereocenters. The fourth-order valence-electron chi connectivity index (χ4n) is 4.48. The van der Waals surface area contributed by atoms with Gasteiger partial charge in [0.15, 0.2) is 11.6 Å². The molecule has 2 aromatic carbocycles. The van der Waals surface area contributed by atoms with Crippen LogP contribution in [-0.4, -0.2) is 79.5 Å². The smallest absolute Gasteiger partial charge is 0.343 e. The highest BCUT2D eigenvalue weighted by molar-refractivity contribution is 6.04. The fraction of sp³-hybridized carbons (Fsp3) is 0.286. The molecule has 1 amide bonds. The van der Waals surface area contributed by atoms with Crippen LogP contribution in [0.1, 0.15) is 53.6 Å². The second-order valence-electron chi connectivity index (χ2n) is 10.0. The molecule has 3 rings (SSSR count). The molecule has 0 radical (unpaired) electrons. The lowest BCUT2D eigenvalue weighted by Crippen LogP contribution is -2.42. The summed E-state index contributed by atoms with van der Waals surface area (Å²) >= 11 is 0. The normalized spacial score (nSPS) is 13.8. The van der Waals surface area contributed by atoms with E-state index in [0.717, 1.165) is 0 Å². The van der Waals surface area contributed by atoms with Crippen LogP contribution in [0.5, 0.6) is 5.75 Å². The third-order valence-corrected chi connectivity index (χ3v) is 6.42. The van der Waals surface area contributed by atoms with Crippen molar-refractivity contribution in [3.05, 3.63) is 59.2 Å². The van der Waals surface area contributed by atoms with Crippen molar-refractivity contribution in [1.82, 2.24) is 5.32 Å². The van der Waals surface area contributed by atoms with Gasteiger partial charge in [0, 0.05) is 24.1 Å². The van der Waals surface area contributed by atoms with Crippen molar-refractivity contribution in [3.8, 4) is 5.75 Å². The number of benzene rings is 2. The number of hydrogen-bond donors (Lipinski definition) is 8. The van der Waals surface area contributed by atoms with Crippen molar-refractivity contribution < 1.29 is 58.8 Å². The van der Waals surface area contributed by atoms with Crippen LogP contribution < -0.4 is 21.1 Å². The highest BCUT2D eigenvalue weighted by atomic mass is 16.7. The van der Waals surface area contributed by atoms with Crippen LogP contribution in [-0.2, 0) is 35.2 Å². The third-order valence-electron chi connectivity index (χ3n) is 6.42. The molecular weight excluding hydrogens is 598 g/mol. The van der Waals surface area contributed by atoms with E-state index in [1.165, 1.54) is 42.5 Å². The molecule has 0 unspecified atom stereocenters. The zero-order chi connectivity index (χ0) is 33.3. The van der Waals surface area contributed by atoms with Gasteiger partial charge in [0.1, 0.15) is 11.8 Å². The molecule has 0 saturated heterocycles. The number of nitrogens with zero attached hydrogens (tertiary/aromatic N) is 1. The number of carboxylic acids is 4. The minimum absolute atomic E-state index is 0.0122. The van der Waals surface area contributed by atoms with E-state index in [1.807, 2.05) is 0 Å². The molecule has 0 fully saturated rings. The van der Waals surface area contributed by atoms with Gasteiger partial charge in [0.05, 0.1) is 30.5 Å². The predicted molar refractivity (Wildman–Crippen MR) is 153 cm³/mol. The minimum Gasteiger partial charge on any atom is -0.481 e. The molecule has 45 heavy (non-hydrogen) atoms. The van der Waals surface area contributed by atoms with Crippen molar-refractivity contribution in [1.29, 1.82) is 5.41 Å². The molecule has 17 heteroatoms. The van der Waals surface area contributed by atoms with Gasteiger partial charge in [-0.2, -0.15) is 0 Å². The Balaban J connectivity index is 1.88. The number of amides is 1. The van der Waals surface area contributed by atoms with E-state index >= 15 is 0 Å². The van der Waals surface area contributed by atoms with Gasteiger partial charge in [-0.3, -0.25) is 24.6 Å². The monoisotopic (exact) mass is 627 g/mol. The first-order valence-electron chi connectivity index (χ1n) is 13.2. The Kier molecular flexibility index (Phi) is 10.8. The quantitative estimate of drug-likeness (QED) is 0.0592.